The van der Waals surface area contributed by atoms with Crippen LogP contribution < -0.4 is 5.32 Å². The smallest absolute Gasteiger partial charge is 0.164 e. The lowest BCUT2D eigenvalue weighted by atomic mass is 10.4. The summed E-state index contributed by atoms with van der Waals surface area (Å²) in [5.74, 6) is 1.59. The number of sulfone groups is 1. The summed E-state index contributed by atoms with van der Waals surface area (Å²) in [5.41, 5.74) is 0.822. The van der Waals surface area contributed by atoms with Crippen LogP contribution in [0.1, 0.15) is 5.69 Å². The molecule has 0 spiro atoms. The van der Waals surface area contributed by atoms with Crippen LogP contribution in [-0.4, -0.2) is 59.6 Å². The minimum Gasteiger partial charge on any atom is -0.377 e. The number of aromatic nitrogens is 2. The molecule has 0 aromatic carbocycles. The van der Waals surface area contributed by atoms with Crippen molar-refractivity contribution < 1.29 is 8.42 Å². The fourth-order valence-corrected chi connectivity index (χ4v) is 5.35. The van der Waals surface area contributed by atoms with Crippen molar-refractivity contribution in [1.29, 1.82) is 0 Å². The maximum absolute atomic E-state index is 11.8. The summed E-state index contributed by atoms with van der Waals surface area (Å²) < 4.78 is 27.4. The largest absolute Gasteiger partial charge is 0.377 e. The van der Waals surface area contributed by atoms with Crippen molar-refractivity contribution in [3.05, 3.63) is 5.69 Å². The molecule has 1 aliphatic heterocycles. The van der Waals surface area contributed by atoms with E-state index in [1.54, 1.807) is 11.8 Å². The lowest BCUT2D eigenvalue weighted by molar-refractivity contribution is 0.259. The Balaban J connectivity index is 2.15. The maximum Gasteiger partial charge on any atom is 0.164 e. The topological polar surface area (TPSA) is 75.2 Å². The normalized spacial score (nSPS) is 22.0. The van der Waals surface area contributed by atoms with Crippen LogP contribution in [0.25, 0.3) is 0 Å². The van der Waals surface area contributed by atoms with Gasteiger partial charge in [0.1, 0.15) is 16.1 Å². The highest BCUT2D eigenvalue weighted by molar-refractivity contribution is 8.00. The quantitative estimate of drug-likeness (QED) is 0.868. The molecular formula is C9H16N4O2S3. The summed E-state index contributed by atoms with van der Waals surface area (Å²) in [6.07, 6.45) is 1.30. The molecule has 1 aromatic rings. The molecule has 18 heavy (non-hydrogen) atoms. The van der Waals surface area contributed by atoms with Crippen LogP contribution in [0, 0.1) is 0 Å². The van der Waals surface area contributed by atoms with Crippen LogP contribution in [0.2, 0.25) is 0 Å². The van der Waals surface area contributed by atoms with E-state index in [9.17, 15) is 8.42 Å². The monoisotopic (exact) mass is 308 g/mol. The Bertz CT molecular complexity index is 502. The SMILES string of the molecule is CNc1snnc1CN1CCSCC1S(C)(=O)=O. The van der Waals surface area contributed by atoms with E-state index in [0.29, 0.717) is 12.3 Å². The van der Waals surface area contributed by atoms with Crippen molar-refractivity contribution >= 4 is 38.1 Å². The molecule has 0 saturated carbocycles. The Morgan fingerprint density at radius 2 is 2.33 bits per heavy atom. The minimum atomic E-state index is -3.06. The molecule has 1 aromatic heterocycles. The Morgan fingerprint density at radius 1 is 1.56 bits per heavy atom. The molecule has 1 unspecified atom stereocenters. The number of thioether (sulfide) groups is 1. The van der Waals surface area contributed by atoms with Crippen molar-refractivity contribution in [1.82, 2.24) is 14.5 Å². The molecule has 1 N–H and O–H groups in total. The van der Waals surface area contributed by atoms with Gasteiger partial charge < -0.3 is 5.32 Å². The molecule has 1 aliphatic rings. The molecule has 102 valence electrons. The first-order valence-electron chi connectivity index (χ1n) is 5.52. The van der Waals surface area contributed by atoms with Gasteiger partial charge in [-0.1, -0.05) is 4.49 Å². The first kappa shape index (κ1) is 14.0. The van der Waals surface area contributed by atoms with Crippen LogP contribution in [0.5, 0.6) is 0 Å². The number of nitrogens with one attached hydrogen (secondary N) is 1. The third-order valence-corrected chi connectivity index (χ3v) is 6.29. The first-order valence-corrected chi connectivity index (χ1v) is 9.40. The Morgan fingerprint density at radius 3 is 3.00 bits per heavy atom. The van der Waals surface area contributed by atoms with Gasteiger partial charge in [0, 0.05) is 49.4 Å². The van der Waals surface area contributed by atoms with Gasteiger partial charge in [-0.3, -0.25) is 4.90 Å². The second kappa shape index (κ2) is 5.72. The molecule has 0 bridgehead atoms. The summed E-state index contributed by atoms with van der Waals surface area (Å²) in [6, 6.07) is 0. The molecular weight excluding hydrogens is 292 g/mol. The lowest BCUT2D eigenvalue weighted by Gasteiger charge is -2.33. The number of rotatable bonds is 4. The van der Waals surface area contributed by atoms with Crippen LogP contribution in [0.3, 0.4) is 0 Å². The van der Waals surface area contributed by atoms with E-state index >= 15 is 0 Å². The fourth-order valence-electron chi connectivity index (χ4n) is 1.88. The molecule has 2 rings (SSSR count). The number of hydrogen-bond acceptors (Lipinski definition) is 8. The summed E-state index contributed by atoms with van der Waals surface area (Å²) in [5, 5.41) is 7.58. The first-order chi connectivity index (χ1) is 8.52. The minimum absolute atomic E-state index is 0.414. The Labute approximate surface area is 115 Å². The van der Waals surface area contributed by atoms with Crippen LogP contribution in [0.4, 0.5) is 5.00 Å². The lowest BCUT2D eigenvalue weighted by Crippen LogP contribution is -2.46. The third-order valence-electron chi connectivity index (χ3n) is 2.82. The van der Waals surface area contributed by atoms with E-state index in [1.165, 1.54) is 17.8 Å². The van der Waals surface area contributed by atoms with Gasteiger partial charge in [-0.2, -0.15) is 11.8 Å². The summed E-state index contributed by atoms with van der Waals surface area (Å²) in [4.78, 5) is 1.98. The Hall–Kier alpha value is -0.380. The molecule has 0 amide bonds. The molecule has 1 atom stereocenters. The van der Waals surface area contributed by atoms with Gasteiger partial charge in [-0.25, -0.2) is 8.42 Å². The average Bonchev–Trinajstić information content (AvgIpc) is 2.75. The van der Waals surface area contributed by atoms with E-state index in [4.69, 9.17) is 0 Å². The molecule has 0 radical (unpaired) electrons. The zero-order chi connectivity index (χ0) is 13.2. The van der Waals surface area contributed by atoms with E-state index < -0.39 is 15.2 Å². The van der Waals surface area contributed by atoms with Gasteiger partial charge in [-0.05, 0) is 0 Å². The second-order valence-electron chi connectivity index (χ2n) is 4.13. The number of nitrogens with zero attached hydrogens (tertiary/aromatic N) is 3. The maximum atomic E-state index is 11.8. The summed E-state index contributed by atoms with van der Waals surface area (Å²) >= 11 is 2.98. The van der Waals surface area contributed by atoms with E-state index in [0.717, 1.165) is 23.0 Å². The highest BCUT2D eigenvalue weighted by Crippen LogP contribution is 2.25. The van der Waals surface area contributed by atoms with Crippen LogP contribution in [0.15, 0.2) is 0 Å². The van der Waals surface area contributed by atoms with Crippen molar-refractivity contribution in [3.8, 4) is 0 Å². The van der Waals surface area contributed by atoms with Gasteiger partial charge in [0.2, 0.25) is 0 Å². The van der Waals surface area contributed by atoms with Crippen LogP contribution in [-0.2, 0) is 16.4 Å². The van der Waals surface area contributed by atoms with E-state index in [-0.39, 0.29) is 0 Å². The zero-order valence-corrected chi connectivity index (χ0v) is 12.7. The summed E-state index contributed by atoms with van der Waals surface area (Å²) in [7, 11) is -1.24. The predicted molar refractivity (Wildman–Crippen MR) is 75.8 cm³/mol. The van der Waals surface area contributed by atoms with Gasteiger partial charge >= 0.3 is 0 Å². The molecule has 1 fully saturated rings. The molecule has 0 aliphatic carbocycles. The van der Waals surface area contributed by atoms with Gasteiger partial charge in [0.15, 0.2) is 9.84 Å². The van der Waals surface area contributed by atoms with Gasteiger partial charge in [0.25, 0.3) is 0 Å². The third kappa shape index (κ3) is 3.14. The van der Waals surface area contributed by atoms with Crippen LogP contribution >= 0.6 is 23.3 Å². The second-order valence-corrected chi connectivity index (χ2v) is 8.24. The molecule has 6 nitrogen and oxygen atoms in total. The van der Waals surface area contributed by atoms with Gasteiger partial charge in [-0.15, -0.1) is 5.10 Å². The van der Waals surface area contributed by atoms with Crippen molar-refractivity contribution in [2.24, 2.45) is 0 Å². The number of anilines is 1. The molecule has 2 heterocycles. The fraction of sp³-hybridized carbons (Fsp3) is 0.778. The standard InChI is InChI=1S/C9H16N4O2S3/c1-10-9-7(11-12-17-9)5-13-3-4-16-6-8(13)18(2,14)15/h8,10H,3-6H2,1-2H3. The average molecular weight is 308 g/mol. The van der Waals surface area contributed by atoms with Gasteiger partial charge in [0.05, 0.1) is 0 Å². The number of hydrogen-bond donors (Lipinski definition) is 1. The van der Waals surface area contributed by atoms with Crippen molar-refractivity contribution in [3.63, 3.8) is 0 Å². The van der Waals surface area contributed by atoms with E-state index in [1.807, 2.05) is 11.9 Å². The Kier molecular flexibility index (Phi) is 4.46. The molecule has 9 heteroatoms. The van der Waals surface area contributed by atoms with Crippen molar-refractivity contribution in [2.45, 2.75) is 11.9 Å². The highest BCUT2D eigenvalue weighted by atomic mass is 32.2. The predicted octanol–water partition coefficient (Wildman–Crippen LogP) is 0.499. The zero-order valence-electron chi connectivity index (χ0n) is 10.3. The summed E-state index contributed by atoms with van der Waals surface area (Å²) in [6.45, 7) is 1.30. The highest BCUT2D eigenvalue weighted by Gasteiger charge is 2.31. The molecule has 1 saturated heterocycles. The van der Waals surface area contributed by atoms with E-state index in [2.05, 4.69) is 14.9 Å². The van der Waals surface area contributed by atoms with Crippen molar-refractivity contribution in [2.75, 3.05) is 36.7 Å².